The molecule has 0 atom stereocenters. The second-order valence-corrected chi connectivity index (χ2v) is 6.42. The van der Waals surface area contributed by atoms with Crippen molar-refractivity contribution in [2.75, 3.05) is 27.2 Å². The van der Waals surface area contributed by atoms with Crippen molar-refractivity contribution in [1.82, 2.24) is 4.90 Å². The minimum absolute atomic E-state index is 0.193. The summed E-state index contributed by atoms with van der Waals surface area (Å²) >= 11 is 0. The Labute approximate surface area is 151 Å². The van der Waals surface area contributed by atoms with Gasteiger partial charge in [0.2, 0.25) is 0 Å². The highest BCUT2D eigenvalue weighted by Gasteiger charge is 2.20. The molecule has 6 heteroatoms. The van der Waals surface area contributed by atoms with Gasteiger partial charge < -0.3 is 9.64 Å². The van der Waals surface area contributed by atoms with E-state index in [-0.39, 0.29) is 23.5 Å². The van der Waals surface area contributed by atoms with Crippen LogP contribution in [0.15, 0.2) is 30.3 Å². The number of unbranched alkanes of at least 4 members (excludes halogenated alkanes) is 3. The van der Waals surface area contributed by atoms with Gasteiger partial charge >= 0.3 is 0 Å². The van der Waals surface area contributed by atoms with E-state index in [9.17, 15) is 17.6 Å². The molecule has 0 bridgehead atoms. The van der Waals surface area contributed by atoms with Gasteiger partial charge in [-0.15, -0.1) is 0 Å². The molecule has 142 valence electrons. The van der Waals surface area contributed by atoms with Crippen molar-refractivity contribution in [3.8, 4) is 16.9 Å². The second kappa shape index (κ2) is 9.57. The van der Waals surface area contributed by atoms with Crippen LogP contribution in [0.1, 0.15) is 25.7 Å². The third kappa shape index (κ3) is 5.46. The van der Waals surface area contributed by atoms with Crippen LogP contribution < -0.4 is 4.74 Å². The van der Waals surface area contributed by atoms with E-state index < -0.39 is 23.3 Å². The van der Waals surface area contributed by atoms with E-state index in [2.05, 4.69) is 4.90 Å². The fourth-order valence-electron chi connectivity index (χ4n) is 2.68. The van der Waals surface area contributed by atoms with Crippen LogP contribution in [0.4, 0.5) is 17.6 Å². The van der Waals surface area contributed by atoms with Crippen LogP contribution in [0, 0.1) is 23.3 Å². The topological polar surface area (TPSA) is 12.5 Å². The van der Waals surface area contributed by atoms with Gasteiger partial charge in [0, 0.05) is 11.6 Å². The smallest absolute Gasteiger partial charge is 0.165 e. The third-order valence-electron chi connectivity index (χ3n) is 4.01. The van der Waals surface area contributed by atoms with Gasteiger partial charge in [-0.25, -0.2) is 17.6 Å². The lowest BCUT2D eigenvalue weighted by atomic mass is 10.0. The molecule has 0 amide bonds. The van der Waals surface area contributed by atoms with E-state index in [1.54, 1.807) is 0 Å². The highest BCUT2D eigenvalue weighted by molar-refractivity contribution is 5.72. The summed E-state index contributed by atoms with van der Waals surface area (Å²) in [4.78, 5) is 2.10. The molecule has 0 spiro atoms. The minimum Gasteiger partial charge on any atom is -0.490 e. The summed E-state index contributed by atoms with van der Waals surface area (Å²) in [6.45, 7) is 1.19. The van der Waals surface area contributed by atoms with Crippen LogP contribution >= 0.6 is 0 Å². The Bertz CT molecular complexity index is 734. The van der Waals surface area contributed by atoms with Crippen molar-refractivity contribution in [2.24, 2.45) is 0 Å². The van der Waals surface area contributed by atoms with Crippen LogP contribution in [-0.2, 0) is 0 Å². The molecule has 0 radical (unpaired) electrons. The van der Waals surface area contributed by atoms with Crippen molar-refractivity contribution in [2.45, 2.75) is 25.7 Å². The molecule has 0 saturated heterocycles. The lowest BCUT2D eigenvalue weighted by Gasteiger charge is -2.14. The van der Waals surface area contributed by atoms with Crippen molar-refractivity contribution in [1.29, 1.82) is 0 Å². The molecule has 0 fully saturated rings. The van der Waals surface area contributed by atoms with E-state index in [1.807, 2.05) is 14.1 Å². The standard InChI is InChI=1S/C20H23F4NO/c1-25(2)11-5-3-4-6-12-26-20-17(23)10-9-16(22)19(20)15-8-7-14(21)13-18(15)24/h7-10,13H,3-6,11-12H2,1-2H3. The van der Waals surface area contributed by atoms with Crippen molar-refractivity contribution in [3.63, 3.8) is 0 Å². The molecule has 2 aromatic carbocycles. The van der Waals surface area contributed by atoms with Crippen LogP contribution in [0.2, 0.25) is 0 Å². The summed E-state index contributed by atoms with van der Waals surface area (Å²) in [7, 11) is 4.01. The average Bonchev–Trinajstić information content (AvgIpc) is 2.57. The van der Waals surface area contributed by atoms with Gasteiger partial charge in [-0.05, 0) is 57.7 Å². The second-order valence-electron chi connectivity index (χ2n) is 6.42. The lowest BCUT2D eigenvalue weighted by molar-refractivity contribution is 0.288. The molecular weight excluding hydrogens is 346 g/mol. The van der Waals surface area contributed by atoms with Gasteiger partial charge in [-0.1, -0.05) is 12.8 Å². The Kier molecular flexibility index (Phi) is 7.45. The molecule has 0 N–H and O–H groups in total. The Hall–Kier alpha value is -2.08. The van der Waals surface area contributed by atoms with Gasteiger partial charge in [0.1, 0.15) is 17.5 Å². The highest BCUT2D eigenvalue weighted by Crippen LogP contribution is 2.36. The number of halogens is 4. The zero-order valence-corrected chi connectivity index (χ0v) is 15.0. The summed E-state index contributed by atoms with van der Waals surface area (Å²) < 4.78 is 61.0. The fraction of sp³-hybridized carbons (Fsp3) is 0.400. The molecule has 0 aliphatic rings. The predicted molar refractivity (Wildman–Crippen MR) is 94.2 cm³/mol. The molecule has 0 aromatic heterocycles. The largest absolute Gasteiger partial charge is 0.490 e. The maximum absolute atomic E-state index is 14.2. The summed E-state index contributed by atoms with van der Waals surface area (Å²) in [6, 6.07) is 4.55. The van der Waals surface area contributed by atoms with Gasteiger partial charge in [0.05, 0.1) is 12.2 Å². The van der Waals surface area contributed by atoms with E-state index >= 15 is 0 Å². The average molecular weight is 369 g/mol. The predicted octanol–water partition coefficient (Wildman–Crippen LogP) is 5.41. The first-order chi connectivity index (χ1) is 12.4. The third-order valence-corrected chi connectivity index (χ3v) is 4.01. The Morgan fingerprint density at radius 2 is 1.50 bits per heavy atom. The Balaban J connectivity index is 2.07. The first-order valence-corrected chi connectivity index (χ1v) is 8.61. The molecule has 26 heavy (non-hydrogen) atoms. The quantitative estimate of drug-likeness (QED) is 0.433. The number of hydrogen-bond acceptors (Lipinski definition) is 2. The van der Waals surface area contributed by atoms with Crippen LogP contribution in [-0.4, -0.2) is 32.1 Å². The molecule has 2 rings (SSSR count). The number of benzene rings is 2. The molecule has 0 aliphatic carbocycles. The molecule has 2 aromatic rings. The van der Waals surface area contributed by atoms with Gasteiger partial charge in [0.15, 0.2) is 11.6 Å². The number of hydrogen-bond donors (Lipinski definition) is 0. The number of rotatable bonds is 9. The number of nitrogens with zero attached hydrogens (tertiary/aromatic N) is 1. The zero-order chi connectivity index (χ0) is 19.1. The zero-order valence-electron chi connectivity index (χ0n) is 15.0. The minimum atomic E-state index is -0.969. The van der Waals surface area contributed by atoms with Crippen molar-refractivity contribution < 1.29 is 22.3 Å². The summed E-state index contributed by atoms with van der Waals surface area (Å²) in [6.07, 6.45) is 3.62. The first kappa shape index (κ1) is 20.2. The van der Waals surface area contributed by atoms with Crippen molar-refractivity contribution >= 4 is 0 Å². The van der Waals surface area contributed by atoms with Crippen LogP contribution in [0.5, 0.6) is 5.75 Å². The maximum atomic E-state index is 14.2. The molecule has 2 nitrogen and oxygen atoms in total. The summed E-state index contributed by atoms with van der Waals surface area (Å²) in [5, 5.41) is 0. The van der Waals surface area contributed by atoms with Crippen LogP contribution in [0.3, 0.4) is 0 Å². The molecule has 0 unspecified atom stereocenters. The van der Waals surface area contributed by atoms with E-state index in [1.165, 1.54) is 0 Å². The maximum Gasteiger partial charge on any atom is 0.165 e. The van der Waals surface area contributed by atoms with Crippen molar-refractivity contribution in [3.05, 3.63) is 53.6 Å². The molecular formula is C20H23F4NO. The van der Waals surface area contributed by atoms with E-state index in [0.29, 0.717) is 12.5 Å². The van der Waals surface area contributed by atoms with Gasteiger partial charge in [0.25, 0.3) is 0 Å². The van der Waals surface area contributed by atoms with Crippen LogP contribution in [0.25, 0.3) is 11.1 Å². The van der Waals surface area contributed by atoms with Gasteiger partial charge in [-0.2, -0.15) is 0 Å². The van der Waals surface area contributed by atoms with E-state index in [0.717, 1.165) is 50.1 Å². The van der Waals surface area contributed by atoms with Gasteiger partial charge in [-0.3, -0.25) is 0 Å². The monoisotopic (exact) mass is 369 g/mol. The lowest BCUT2D eigenvalue weighted by Crippen LogP contribution is -2.12. The van der Waals surface area contributed by atoms with E-state index in [4.69, 9.17) is 4.74 Å². The molecule has 0 saturated carbocycles. The molecule has 0 heterocycles. The summed E-state index contributed by atoms with van der Waals surface area (Å²) in [5.74, 6) is -3.70. The first-order valence-electron chi connectivity index (χ1n) is 8.61. The Morgan fingerprint density at radius 1 is 0.808 bits per heavy atom. The highest BCUT2D eigenvalue weighted by atomic mass is 19.1. The summed E-state index contributed by atoms with van der Waals surface area (Å²) in [5.41, 5.74) is -0.556. The SMILES string of the molecule is CN(C)CCCCCCOc1c(F)ccc(F)c1-c1ccc(F)cc1F. The Morgan fingerprint density at radius 3 is 2.19 bits per heavy atom. The molecule has 0 aliphatic heterocycles. The fourth-order valence-corrected chi connectivity index (χ4v) is 2.68. The normalized spacial score (nSPS) is 11.2. The number of ether oxygens (including phenoxy) is 1.